The molecule has 1 aliphatic rings. The van der Waals surface area contributed by atoms with E-state index in [1.807, 2.05) is 0 Å². The summed E-state index contributed by atoms with van der Waals surface area (Å²) < 4.78 is 1.78. The van der Waals surface area contributed by atoms with Gasteiger partial charge in [-0.25, -0.2) is 0 Å². The summed E-state index contributed by atoms with van der Waals surface area (Å²) in [5.41, 5.74) is 0.334. The summed E-state index contributed by atoms with van der Waals surface area (Å²) in [6.45, 7) is 4.19. The zero-order chi connectivity index (χ0) is 11.4. The van der Waals surface area contributed by atoms with Gasteiger partial charge in [-0.1, -0.05) is 6.42 Å². The molecule has 88 valence electrons. The van der Waals surface area contributed by atoms with Gasteiger partial charge in [-0.15, -0.1) is 0 Å². The number of hydrogen-bond acceptors (Lipinski definition) is 3. The van der Waals surface area contributed by atoms with Crippen LogP contribution in [0.15, 0.2) is 12.3 Å². The quantitative estimate of drug-likeness (QED) is 0.754. The van der Waals surface area contributed by atoms with Crippen molar-refractivity contribution in [2.45, 2.75) is 25.8 Å². The van der Waals surface area contributed by atoms with Crippen LogP contribution in [0.25, 0.3) is 0 Å². The van der Waals surface area contributed by atoms with Crippen molar-refractivity contribution in [3.63, 3.8) is 0 Å². The number of aromatic nitrogens is 2. The number of halogens is 1. The summed E-state index contributed by atoms with van der Waals surface area (Å²) in [6, 6.07) is 1.66. The fourth-order valence-corrected chi connectivity index (χ4v) is 2.12. The lowest BCUT2D eigenvalue weighted by molar-refractivity contribution is 0.107. The van der Waals surface area contributed by atoms with Crippen LogP contribution in [-0.2, 0) is 6.54 Å². The van der Waals surface area contributed by atoms with Crippen molar-refractivity contribution in [1.29, 1.82) is 0 Å². The molecule has 2 heterocycles. The van der Waals surface area contributed by atoms with E-state index in [0.29, 0.717) is 5.69 Å². The van der Waals surface area contributed by atoms with Gasteiger partial charge < -0.3 is 4.90 Å². The van der Waals surface area contributed by atoms with Gasteiger partial charge in [0.1, 0.15) is 5.69 Å². The Morgan fingerprint density at radius 3 is 2.69 bits per heavy atom. The van der Waals surface area contributed by atoms with Crippen molar-refractivity contribution in [3.8, 4) is 0 Å². The third-order valence-corrected chi connectivity index (χ3v) is 3.13. The van der Waals surface area contributed by atoms with Crippen LogP contribution < -0.4 is 0 Å². The molecule has 0 saturated carbocycles. The van der Waals surface area contributed by atoms with Gasteiger partial charge in [0.15, 0.2) is 0 Å². The van der Waals surface area contributed by atoms with E-state index >= 15 is 0 Å². The minimum Gasteiger partial charge on any atom is -0.301 e. The highest BCUT2D eigenvalue weighted by molar-refractivity contribution is 6.67. The summed E-state index contributed by atoms with van der Waals surface area (Å²) in [5, 5.41) is 3.61. The number of nitrogens with zero attached hydrogens (tertiary/aromatic N) is 3. The Morgan fingerprint density at radius 2 is 2.06 bits per heavy atom. The molecule has 0 N–H and O–H groups in total. The topological polar surface area (TPSA) is 38.1 Å². The fraction of sp³-hybridized carbons (Fsp3) is 0.636. The first-order valence-corrected chi connectivity index (χ1v) is 6.09. The Labute approximate surface area is 100 Å². The summed E-state index contributed by atoms with van der Waals surface area (Å²) in [7, 11) is 0. The SMILES string of the molecule is O=C(Cl)c1ccn(CCN2CCCCC2)n1. The average molecular weight is 242 g/mol. The lowest BCUT2D eigenvalue weighted by atomic mass is 10.1. The van der Waals surface area contributed by atoms with E-state index in [4.69, 9.17) is 11.6 Å². The standard InChI is InChI=1S/C11H16ClN3O/c12-11(16)10-4-7-15(13-10)9-8-14-5-2-1-3-6-14/h4,7H,1-3,5-6,8-9H2. The molecule has 1 aromatic heterocycles. The van der Waals surface area contributed by atoms with Gasteiger partial charge in [0.2, 0.25) is 0 Å². The molecular formula is C11H16ClN3O. The third-order valence-electron chi connectivity index (χ3n) is 2.94. The number of carbonyl (C=O) groups is 1. The number of carbonyl (C=O) groups excluding carboxylic acids is 1. The first-order valence-electron chi connectivity index (χ1n) is 5.71. The summed E-state index contributed by atoms with van der Waals surface area (Å²) >= 11 is 5.34. The van der Waals surface area contributed by atoms with Crippen LogP contribution in [0.3, 0.4) is 0 Å². The van der Waals surface area contributed by atoms with Gasteiger partial charge in [-0.05, 0) is 43.6 Å². The number of piperidine rings is 1. The molecule has 0 atom stereocenters. The lowest BCUT2D eigenvalue weighted by Gasteiger charge is -2.26. The van der Waals surface area contributed by atoms with Crippen molar-refractivity contribution < 1.29 is 4.79 Å². The van der Waals surface area contributed by atoms with E-state index in [1.54, 1.807) is 16.9 Å². The monoisotopic (exact) mass is 241 g/mol. The molecule has 1 saturated heterocycles. The van der Waals surface area contributed by atoms with Gasteiger partial charge in [-0.2, -0.15) is 5.10 Å². The molecule has 16 heavy (non-hydrogen) atoms. The van der Waals surface area contributed by atoms with E-state index in [9.17, 15) is 4.79 Å². The molecule has 5 heteroatoms. The highest BCUT2D eigenvalue weighted by Crippen LogP contribution is 2.08. The van der Waals surface area contributed by atoms with E-state index in [0.717, 1.165) is 13.1 Å². The molecule has 0 spiro atoms. The predicted molar refractivity (Wildman–Crippen MR) is 62.7 cm³/mol. The number of rotatable bonds is 4. The number of likely N-dealkylation sites (tertiary alicyclic amines) is 1. The lowest BCUT2D eigenvalue weighted by Crippen LogP contribution is -2.32. The van der Waals surface area contributed by atoms with Crippen LogP contribution in [0, 0.1) is 0 Å². The van der Waals surface area contributed by atoms with E-state index in [-0.39, 0.29) is 0 Å². The first kappa shape index (κ1) is 11.6. The van der Waals surface area contributed by atoms with Gasteiger partial charge >= 0.3 is 0 Å². The summed E-state index contributed by atoms with van der Waals surface area (Å²) in [5.74, 6) is 0. The predicted octanol–water partition coefficient (Wildman–Crippen LogP) is 1.75. The van der Waals surface area contributed by atoms with Crippen molar-refractivity contribution >= 4 is 16.8 Å². The van der Waals surface area contributed by atoms with E-state index in [2.05, 4.69) is 10.00 Å². The maximum Gasteiger partial charge on any atom is 0.272 e. The Morgan fingerprint density at radius 1 is 1.31 bits per heavy atom. The van der Waals surface area contributed by atoms with Crippen molar-refractivity contribution in [2.75, 3.05) is 19.6 Å². The highest BCUT2D eigenvalue weighted by Gasteiger charge is 2.10. The largest absolute Gasteiger partial charge is 0.301 e. The second-order valence-corrected chi connectivity index (χ2v) is 4.48. The summed E-state index contributed by atoms with van der Waals surface area (Å²) in [4.78, 5) is 13.3. The van der Waals surface area contributed by atoms with E-state index < -0.39 is 5.24 Å². The molecule has 1 aliphatic heterocycles. The first-order chi connectivity index (χ1) is 7.75. The van der Waals surface area contributed by atoms with Gasteiger partial charge in [-0.3, -0.25) is 9.48 Å². The van der Waals surface area contributed by atoms with Crippen LogP contribution in [0.1, 0.15) is 29.8 Å². The highest BCUT2D eigenvalue weighted by atomic mass is 35.5. The Balaban J connectivity index is 1.81. The molecule has 0 amide bonds. The Bertz CT molecular complexity index is 358. The van der Waals surface area contributed by atoms with Gasteiger partial charge in [0, 0.05) is 12.7 Å². The minimum atomic E-state index is -0.489. The Kier molecular flexibility index (Phi) is 3.96. The van der Waals surface area contributed by atoms with Crippen molar-refractivity contribution in [1.82, 2.24) is 14.7 Å². The molecule has 0 aliphatic carbocycles. The van der Waals surface area contributed by atoms with Crippen LogP contribution in [0.2, 0.25) is 0 Å². The van der Waals surface area contributed by atoms with Crippen LogP contribution in [-0.4, -0.2) is 39.6 Å². The second-order valence-electron chi connectivity index (χ2n) is 4.14. The summed E-state index contributed by atoms with van der Waals surface area (Å²) in [6.07, 6.45) is 5.75. The normalized spacial score (nSPS) is 17.6. The molecule has 0 bridgehead atoms. The van der Waals surface area contributed by atoms with Gasteiger partial charge in [0.25, 0.3) is 5.24 Å². The zero-order valence-corrected chi connectivity index (χ0v) is 9.99. The van der Waals surface area contributed by atoms with Crippen molar-refractivity contribution in [2.24, 2.45) is 0 Å². The molecule has 0 aromatic carbocycles. The molecule has 0 unspecified atom stereocenters. The maximum absolute atomic E-state index is 10.8. The van der Waals surface area contributed by atoms with Crippen molar-refractivity contribution in [3.05, 3.63) is 18.0 Å². The average Bonchev–Trinajstić information content (AvgIpc) is 2.76. The van der Waals surface area contributed by atoms with Gasteiger partial charge in [0.05, 0.1) is 6.54 Å². The third kappa shape index (κ3) is 3.06. The number of hydrogen-bond donors (Lipinski definition) is 0. The van der Waals surface area contributed by atoms with E-state index in [1.165, 1.54) is 32.4 Å². The molecular weight excluding hydrogens is 226 g/mol. The molecule has 0 radical (unpaired) electrons. The second kappa shape index (κ2) is 5.46. The molecule has 4 nitrogen and oxygen atoms in total. The zero-order valence-electron chi connectivity index (χ0n) is 9.23. The molecule has 1 aromatic rings. The smallest absolute Gasteiger partial charge is 0.272 e. The minimum absolute atomic E-state index is 0.334. The Hall–Kier alpha value is -0.870. The molecule has 1 fully saturated rings. The fourth-order valence-electron chi connectivity index (χ4n) is 2.02. The maximum atomic E-state index is 10.8. The van der Waals surface area contributed by atoms with Crippen LogP contribution >= 0.6 is 11.6 Å². The van der Waals surface area contributed by atoms with Crippen LogP contribution in [0.5, 0.6) is 0 Å². The van der Waals surface area contributed by atoms with Crippen LogP contribution in [0.4, 0.5) is 0 Å². The molecule has 2 rings (SSSR count).